The van der Waals surface area contributed by atoms with Gasteiger partial charge in [-0.05, 0) is 25.2 Å². The van der Waals surface area contributed by atoms with Gasteiger partial charge in [-0.3, -0.25) is 9.59 Å². The largest absolute Gasteiger partial charge is 0.378 e. The maximum Gasteiger partial charge on any atom is 0.257 e. The summed E-state index contributed by atoms with van der Waals surface area (Å²) in [5.74, 6) is 1.12. The molecule has 2 aliphatic rings. The first-order valence-corrected chi connectivity index (χ1v) is 14.4. The summed E-state index contributed by atoms with van der Waals surface area (Å²) in [6.07, 6.45) is 7.71. The standard InChI is InChI=1S/C29H49N5O3/c1-7-8-9-10-11-25-24(19-31-28(32-25)29(4,5)6)27(36)34(20-21(2)3)23-16-22(17-30-18-23)26(35)33-12-14-37-15-13-33/h19,21-23,30H,7-18,20H2,1-6H3/t22-,23+/m1/s1. The van der Waals surface area contributed by atoms with E-state index in [1.54, 1.807) is 6.20 Å². The molecule has 37 heavy (non-hydrogen) atoms. The minimum absolute atomic E-state index is 0.00841. The van der Waals surface area contributed by atoms with Crippen molar-refractivity contribution in [3.05, 3.63) is 23.3 Å². The summed E-state index contributed by atoms with van der Waals surface area (Å²) in [4.78, 5) is 40.9. The van der Waals surface area contributed by atoms with Crippen LogP contribution in [0.1, 0.15) is 95.5 Å². The Kier molecular flexibility index (Phi) is 10.9. The molecule has 2 fully saturated rings. The number of nitrogens with one attached hydrogen (secondary N) is 1. The molecule has 1 aromatic heterocycles. The number of nitrogens with zero attached hydrogens (tertiary/aromatic N) is 4. The molecule has 0 spiro atoms. The Balaban J connectivity index is 1.84. The highest BCUT2D eigenvalue weighted by Crippen LogP contribution is 2.25. The van der Waals surface area contributed by atoms with Crippen LogP contribution >= 0.6 is 0 Å². The molecule has 2 atom stereocenters. The zero-order valence-corrected chi connectivity index (χ0v) is 24.0. The van der Waals surface area contributed by atoms with Crippen molar-refractivity contribution in [1.29, 1.82) is 0 Å². The SMILES string of the molecule is CCCCCCc1nc(C(C)(C)C)ncc1C(=O)N(CC(C)C)[C@@H]1CNC[C@H](C(=O)N2CCOCC2)C1. The molecule has 0 radical (unpaired) electrons. The normalized spacial score (nSPS) is 20.8. The van der Waals surface area contributed by atoms with Crippen molar-refractivity contribution in [3.8, 4) is 0 Å². The molecule has 2 amide bonds. The first kappa shape index (κ1) is 29.5. The molecule has 0 aliphatic carbocycles. The van der Waals surface area contributed by atoms with Gasteiger partial charge in [-0.2, -0.15) is 0 Å². The zero-order valence-electron chi connectivity index (χ0n) is 24.0. The number of amides is 2. The number of ether oxygens (including phenoxy) is 1. The van der Waals surface area contributed by atoms with Crippen LogP contribution in [0.15, 0.2) is 6.20 Å². The van der Waals surface area contributed by atoms with Crippen LogP contribution in [-0.2, 0) is 21.4 Å². The summed E-state index contributed by atoms with van der Waals surface area (Å²) in [5.41, 5.74) is 1.30. The number of piperidine rings is 1. The van der Waals surface area contributed by atoms with Crippen LogP contribution in [0.2, 0.25) is 0 Å². The van der Waals surface area contributed by atoms with E-state index in [1.165, 1.54) is 12.8 Å². The highest BCUT2D eigenvalue weighted by Gasteiger charge is 2.36. The van der Waals surface area contributed by atoms with Crippen molar-refractivity contribution in [2.24, 2.45) is 11.8 Å². The number of hydrogen-bond acceptors (Lipinski definition) is 6. The van der Waals surface area contributed by atoms with Gasteiger partial charge in [0.2, 0.25) is 5.91 Å². The highest BCUT2D eigenvalue weighted by atomic mass is 16.5. The predicted octanol–water partition coefficient (Wildman–Crippen LogP) is 3.83. The topological polar surface area (TPSA) is 87.7 Å². The van der Waals surface area contributed by atoms with Gasteiger partial charge in [-0.1, -0.05) is 60.8 Å². The number of unbranched alkanes of at least 4 members (excludes halogenated alkanes) is 3. The molecule has 8 heteroatoms. The monoisotopic (exact) mass is 515 g/mol. The maximum absolute atomic E-state index is 14.1. The summed E-state index contributed by atoms with van der Waals surface area (Å²) < 4.78 is 5.43. The van der Waals surface area contributed by atoms with E-state index in [1.807, 2.05) is 9.80 Å². The molecule has 3 rings (SSSR count). The molecule has 2 aliphatic heterocycles. The molecule has 0 saturated carbocycles. The summed E-state index contributed by atoms with van der Waals surface area (Å²) in [6.45, 7) is 17.3. The Morgan fingerprint density at radius 3 is 2.54 bits per heavy atom. The van der Waals surface area contributed by atoms with Crippen molar-refractivity contribution < 1.29 is 14.3 Å². The number of rotatable bonds is 10. The lowest BCUT2D eigenvalue weighted by molar-refractivity contribution is -0.140. The van der Waals surface area contributed by atoms with Crippen molar-refractivity contribution in [2.75, 3.05) is 45.9 Å². The third-order valence-electron chi connectivity index (χ3n) is 7.30. The molecular weight excluding hydrogens is 466 g/mol. The van der Waals surface area contributed by atoms with Crippen LogP contribution in [0.5, 0.6) is 0 Å². The van der Waals surface area contributed by atoms with Crippen LogP contribution in [0, 0.1) is 11.8 Å². The van der Waals surface area contributed by atoms with Gasteiger partial charge in [-0.25, -0.2) is 9.97 Å². The smallest absolute Gasteiger partial charge is 0.257 e. The lowest BCUT2D eigenvalue weighted by atomic mass is 9.91. The zero-order chi connectivity index (χ0) is 27.0. The summed E-state index contributed by atoms with van der Waals surface area (Å²) in [5, 5.41) is 3.45. The van der Waals surface area contributed by atoms with Gasteiger partial charge in [0, 0.05) is 50.4 Å². The summed E-state index contributed by atoms with van der Waals surface area (Å²) >= 11 is 0. The quantitative estimate of drug-likeness (QED) is 0.477. The Hall–Kier alpha value is -2.06. The minimum atomic E-state index is -0.183. The van der Waals surface area contributed by atoms with E-state index < -0.39 is 0 Å². The fraction of sp³-hybridized carbons (Fsp3) is 0.793. The third kappa shape index (κ3) is 8.21. The number of aromatic nitrogens is 2. The fourth-order valence-electron chi connectivity index (χ4n) is 5.20. The van der Waals surface area contributed by atoms with Crippen LogP contribution in [-0.4, -0.2) is 83.6 Å². The average molecular weight is 516 g/mol. The molecule has 0 unspecified atom stereocenters. The van der Waals surface area contributed by atoms with Gasteiger partial charge < -0.3 is 19.9 Å². The molecule has 0 aromatic carbocycles. The lowest BCUT2D eigenvalue weighted by Gasteiger charge is -2.40. The lowest BCUT2D eigenvalue weighted by Crippen LogP contribution is -2.56. The molecule has 208 valence electrons. The number of hydrogen-bond donors (Lipinski definition) is 1. The number of carbonyl (C=O) groups is 2. The molecule has 3 heterocycles. The van der Waals surface area contributed by atoms with Crippen LogP contribution in [0.25, 0.3) is 0 Å². The molecule has 1 N–H and O–H groups in total. The molecule has 2 saturated heterocycles. The van der Waals surface area contributed by atoms with Crippen LogP contribution in [0.3, 0.4) is 0 Å². The maximum atomic E-state index is 14.1. The summed E-state index contributed by atoms with van der Waals surface area (Å²) in [7, 11) is 0. The van der Waals surface area contributed by atoms with E-state index in [-0.39, 0.29) is 29.2 Å². The minimum Gasteiger partial charge on any atom is -0.378 e. The van der Waals surface area contributed by atoms with Gasteiger partial charge in [0.25, 0.3) is 5.91 Å². The first-order chi connectivity index (χ1) is 17.6. The number of aryl methyl sites for hydroxylation is 1. The number of morpholine rings is 1. The van der Waals surface area contributed by atoms with Crippen LogP contribution in [0.4, 0.5) is 0 Å². The van der Waals surface area contributed by atoms with E-state index in [9.17, 15) is 9.59 Å². The molecule has 0 bridgehead atoms. The Bertz CT molecular complexity index is 892. The average Bonchev–Trinajstić information content (AvgIpc) is 2.89. The predicted molar refractivity (Wildman–Crippen MR) is 147 cm³/mol. The number of carbonyl (C=O) groups excluding carboxylic acids is 2. The van der Waals surface area contributed by atoms with E-state index in [0.29, 0.717) is 63.8 Å². The summed E-state index contributed by atoms with van der Waals surface area (Å²) in [6, 6.07) is -0.0473. The van der Waals surface area contributed by atoms with E-state index in [4.69, 9.17) is 9.72 Å². The van der Waals surface area contributed by atoms with Crippen molar-refractivity contribution in [2.45, 2.75) is 91.5 Å². The highest BCUT2D eigenvalue weighted by molar-refractivity contribution is 5.95. The Labute approximate surface area is 223 Å². The van der Waals surface area contributed by atoms with E-state index >= 15 is 0 Å². The first-order valence-electron chi connectivity index (χ1n) is 14.4. The molecule has 1 aromatic rings. The third-order valence-corrected chi connectivity index (χ3v) is 7.30. The van der Waals surface area contributed by atoms with Gasteiger partial charge in [0.05, 0.1) is 30.4 Å². The van der Waals surface area contributed by atoms with Crippen molar-refractivity contribution >= 4 is 11.8 Å². The second-order valence-corrected chi connectivity index (χ2v) is 12.1. The second kappa shape index (κ2) is 13.7. The van der Waals surface area contributed by atoms with Crippen LogP contribution < -0.4 is 5.32 Å². The molecular formula is C29H49N5O3. The van der Waals surface area contributed by atoms with Gasteiger partial charge in [0.15, 0.2) is 0 Å². The second-order valence-electron chi connectivity index (χ2n) is 12.1. The Morgan fingerprint density at radius 2 is 1.89 bits per heavy atom. The van der Waals surface area contributed by atoms with E-state index in [2.05, 4.69) is 51.8 Å². The van der Waals surface area contributed by atoms with Gasteiger partial charge >= 0.3 is 0 Å². The Morgan fingerprint density at radius 1 is 1.16 bits per heavy atom. The van der Waals surface area contributed by atoms with E-state index in [0.717, 1.165) is 30.8 Å². The fourth-order valence-corrected chi connectivity index (χ4v) is 5.20. The van der Waals surface area contributed by atoms with Gasteiger partial charge in [-0.15, -0.1) is 0 Å². The molecule has 8 nitrogen and oxygen atoms in total. The van der Waals surface area contributed by atoms with Crippen molar-refractivity contribution in [1.82, 2.24) is 25.1 Å². The van der Waals surface area contributed by atoms with Gasteiger partial charge in [0.1, 0.15) is 5.82 Å². The van der Waals surface area contributed by atoms with Crippen molar-refractivity contribution in [3.63, 3.8) is 0 Å².